The Morgan fingerprint density at radius 2 is 1.96 bits per heavy atom. The van der Waals surface area contributed by atoms with Crippen LogP contribution in [0.15, 0.2) is 23.1 Å². The first-order valence-electron chi connectivity index (χ1n) is 7.74. The van der Waals surface area contributed by atoms with Crippen molar-refractivity contribution in [2.75, 3.05) is 39.5 Å². The van der Waals surface area contributed by atoms with E-state index in [2.05, 4.69) is 0 Å². The molecule has 1 aromatic rings. The molecule has 1 aliphatic rings. The zero-order chi connectivity index (χ0) is 16.9. The van der Waals surface area contributed by atoms with Crippen LogP contribution in [-0.2, 0) is 14.8 Å². The molecule has 0 radical (unpaired) electrons. The van der Waals surface area contributed by atoms with Crippen LogP contribution < -0.4 is 15.2 Å². The van der Waals surface area contributed by atoms with Gasteiger partial charge in [-0.1, -0.05) is 0 Å². The van der Waals surface area contributed by atoms with Crippen molar-refractivity contribution in [1.29, 1.82) is 0 Å². The third kappa shape index (κ3) is 4.14. The van der Waals surface area contributed by atoms with E-state index in [1.165, 1.54) is 16.4 Å². The van der Waals surface area contributed by atoms with Gasteiger partial charge in [0.15, 0.2) is 11.5 Å². The van der Waals surface area contributed by atoms with Crippen LogP contribution in [0.25, 0.3) is 0 Å². The molecule has 130 valence electrons. The topological polar surface area (TPSA) is 91.1 Å². The summed E-state index contributed by atoms with van der Waals surface area (Å²) >= 11 is 0. The van der Waals surface area contributed by atoms with Crippen LogP contribution in [0.3, 0.4) is 0 Å². The molecule has 7 nitrogen and oxygen atoms in total. The average Bonchev–Trinajstić information content (AvgIpc) is 2.57. The molecule has 0 bridgehead atoms. The van der Waals surface area contributed by atoms with E-state index in [0.29, 0.717) is 44.4 Å². The molecule has 2 N–H and O–H groups in total. The molecule has 1 aromatic carbocycles. The van der Waals surface area contributed by atoms with Gasteiger partial charge in [-0.2, -0.15) is 4.31 Å². The predicted molar refractivity (Wildman–Crippen MR) is 86.3 cm³/mol. The Hall–Kier alpha value is -1.35. The van der Waals surface area contributed by atoms with Gasteiger partial charge in [0, 0.05) is 25.7 Å². The van der Waals surface area contributed by atoms with Crippen molar-refractivity contribution < 1.29 is 22.6 Å². The Kier molecular flexibility index (Phi) is 6.23. The van der Waals surface area contributed by atoms with E-state index in [1.807, 2.05) is 13.8 Å². The van der Waals surface area contributed by atoms with Crippen LogP contribution in [0, 0.1) is 0 Å². The van der Waals surface area contributed by atoms with E-state index in [4.69, 9.17) is 19.9 Å². The lowest BCUT2D eigenvalue weighted by Crippen LogP contribution is -2.48. The van der Waals surface area contributed by atoms with E-state index in [0.717, 1.165) is 0 Å². The fraction of sp³-hybridized carbons (Fsp3) is 0.600. The molecule has 0 saturated carbocycles. The number of hydrogen-bond donors (Lipinski definition) is 1. The van der Waals surface area contributed by atoms with Crippen LogP contribution in [0.1, 0.15) is 13.8 Å². The highest BCUT2D eigenvalue weighted by atomic mass is 32.2. The van der Waals surface area contributed by atoms with Gasteiger partial charge in [0.05, 0.1) is 30.8 Å². The minimum Gasteiger partial charge on any atom is -0.490 e. The Labute approximate surface area is 137 Å². The lowest BCUT2D eigenvalue weighted by molar-refractivity contribution is 0.00450. The number of nitrogens with two attached hydrogens (primary N) is 1. The van der Waals surface area contributed by atoms with Gasteiger partial charge in [0.1, 0.15) is 0 Å². The van der Waals surface area contributed by atoms with E-state index >= 15 is 0 Å². The minimum atomic E-state index is -3.62. The quantitative estimate of drug-likeness (QED) is 0.788. The van der Waals surface area contributed by atoms with Gasteiger partial charge in [-0.15, -0.1) is 0 Å². The van der Waals surface area contributed by atoms with Gasteiger partial charge < -0.3 is 19.9 Å². The van der Waals surface area contributed by atoms with Crippen molar-refractivity contribution in [2.24, 2.45) is 5.73 Å². The number of hydrogen-bond acceptors (Lipinski definition) is 6. The minimum absolute atomic E-state index is 0.182. The smallest absolute Gasteiger partial charge is 0.243 e. The predicted octanol–water partition coefficient (Wildman–Crippen LogP) is 0.832. The van der Waals surface area contributed by atoms with Crippen LogP contribution in [0.4, 0.5) is 0 Å². The molecule has 1 atom stereocenters. The van der Waals surface area contributed by atoms with Gasteiger partial charge >= 0.3 is 0 Å². The fourth-order valence-corrected chi connectivity index (χ4v) is 3.87. The van der Waals surface area contributed by atoms with Crippen LogP contribution in [0.2, 0.25) is 0 Å². The maximum Gasteiger partial charge on any atom is 0.243 e. The standard InChI is InChI=1S/C15H24N2O5S/c1-3-20-14-6-5-13(9-15(14)21-4-2)23(18,19)17-7-8-22-12(10-16)11-17/h5-6,9,12H,3-4,7-8,10-11,16H2,1-2H3. The highest BCUT2D eigenvalue weighted by Crippen LogP contribution is 2.31. The van der Waals surface area contributed by atoms with Crippen molar-refractivity contribution in [3.63, 3.8) is 0 Å². The number of sulfonamides is 1. The molecule has 1 heterocycles. The third-order valence-corrected chi connectivity index (χ3v) is 5.38. The van der Waals surface area contributed by atoms with E-state index < -0.39 is 10.0 Å². The van der Waals surface area contributed by atoms with Crippen molar-refractivity contribution in [3.8, 4) is 11.5 Å². The Morgan fingerprint density at radius 1 is 1.26 bits per heavy atom. The molecule has 0 spiro atoms. The van der Waals surface area contributed by atoms with Crippen molar-refractivity contribution in [3.05, 3.63) is 18.2 Å². The zero-order valence-electron chi connectivity index (χ0n) is 13.5. The molecule has 8 heteroatoms. The Morgan fingerprint density at radius 3 is 2.61 bits per heavy atom. The molecule has 1 aliphatic heterocycles. The van der Waals surface area contributed by atoms with Crippen molar-refractivity contribution in [2.45, 2.75) is 24.8 Å². The first-order chi connectivity index (χ1) is 11.0. The van der Waals surface area contributed by atoms with Gasteiger partial charge in [-0.3, -0.25) is 0 Å². The molecule has 0 aliphatic carbocycles. The molecule has 0 amide bonds. The summed E-state index contributed by atoms with van der Waals surface area (Å²) < 4.78 is 43.4. The van der Waals surface area contributed by atoms with Gasteiger partial charge in [-0.05, 0) is 26.0 Å². The van der Waals surface area contributed by atoms with Crippen LogP contribution in [0.5, 0.6) is 11.5 Å². The number of rotatable bonds is 7. The summed E-state index contributed by atoms with van der Waals surface area (Å²) in [5, 5.41) is 0. The molecule has 0 aromatic heterocycles. The second kappa shape index (κ2) is 7.96. The summed E-state index contributed by atoms with van der Waals surface area (Å²) in [6, 6.07) is 4.68. The zero-order valence-corrected chi connectivity index (χ0v) is 14.3. The number of morpholine rings is 1. The molecule has 1 unspecified atom stereocenters. The lowest BCUT2D eigenvalue weighted by Gasteiger charge is -2.31. The normalized spacial score (nSPS) is 19.5. The molecular formula is C15H24N2O5S. The second-order valence-electron chi connectivity index (χ2n) is 5.07. The highest BCUT2D eigenvalue weighted by Gasteiger charge is 2.31. The second-order valence-corrected chi connectivity index (χ2v) is 7.00. The fourth-order valence-electron chi connectivity index (χ4n) is 2.39. The first kappa shape index (κ1) is 18.0. The highest BCUT2D eigenvalue weighted by molar-refractivity contribution is 7.89. The van der Waals surface area contributed by atoms with E-state index in [1.54, 1.807) is 6.07 Å². The van der Waals surface area contributed by atoms with Gasteiger partial charge in [0.2, 0.25) is 10.0 Å². The van der Waals surface area contributed by atoms with Crippen molar-refractivity contribution >= 4 is 10.0 Å². The van der Waals surface area contributed by atoms with Gasteiger partial charge in [-0.25, -0.2) is 8.42 Å². The summed E-state index contributed by atoms with van der Waals surface area (Å²) in [7, 11) is -3.62. The summed E-state index contributed by atoms with van der Waals surface area (Å²) in [5.74, 6) is 0.967. The summed E-state index contributed by atoms with van der Waals surface area (Å²) in [6.07, 6.45) is -0.271. The Balaban J connectivity index is 2.30. The SMILES string of the molecule is CCOc1ccc(S(=O)(=O)N2CCOC(CN)C2)cc1OCC. The largest absolute Gasteiger partial charge is 0.490 e. The molecule has 1 saturated heterocycles. The summed E-state index contributed by atoms with van der Waals surface area (Å²) in [6.45, 7) is 5.82. The average molecular weight is 344 g/mol. The van der Waals surface area contributed by atoms with Crippen molar-refractivity contribution in [1.82, 2.24) is 4.31 Å². The third-order valence-electron chi connectivity index (χ3n) is 3.52. The maximum absolute atomic E-state index is 12.8. The first-order valence-corrected chi connectivity index (χ1v) is 9.18. The summed E-state index contributed by atoms with van der Waals surface area (Å²) in [4.78, 5) is 0.182. The maximum atomic E-state index is 12.8. The van der Waals surface area contributed by atoms with Gasteiger partial charge in [0.25, 0.3) is 0 Å². The van der Waals surface area contributed by atoms with E-state index in [-0.39, 0.29) is 17.5 Å². The molecule has 23 heavy (non-hydrogen) atoms. The van der Waals surface area contributed by atoms with E-state index in [9.17, 15) is 8.42 Å². The number of benzene rings is 1. The Bertz CT molecular complexity index is 620. The van der Waals surface area contributed by atoms with Crippen LogP contribution >= 0.6 is 0 Å². The van der Waals surface area contributed by atoms with Crippen LogP contribution in [-0.4, -0.2) is 58.3 Å². The lowest BCUT2D eigenvalue weighted by atomic mass is 10.3. The summed E-state index contributed by atoms with van der Waals surface area (Å²) in [5.41, 5.74) is 5.58. The molecular weight excluding hydrogens is 320 g/mol. The monoisotopic (exact) mass is 344 g/mol. The molecule has 2 rings (SSSR count). The number of ether oxygens (including phenoxy) is 3. The molecule has 1 fully saturated rings. The number of nitrogens with zero attached hydrogens (tertiary/aromatic N) is 1.